The van der Waals surface area contributed by atoms with Crippen LogP contribution in [0.25, 0.3) is 5.65 Å². The Morgan fingerprint density at radius 2 is 1.95 bits per heavy atom. The first kappa shape index (κ1) is 14.8. The number of pyridine rings is 1. The van der Waals surface area contributed by atoms with Gasteiger partial charge in [0.05, 0.1) is 11.4 Å². The number of aryl methyl sites for hydroxylation is 2. The van der Waals surface area contributed by atoms with Crippen molar-refractivity contribution in [2.24, 2.45) is 0 Å². The van der Waals surface area contributed by atoms with Gasteiger partial charge in [0.2, 0.25) is 0 Å². The standard InChI is InChI=1S/C17H15FN2OS/c1-11-7-8-20-16(9-11)19-12(2)17(20)15(21)10-22-14-5-3-13(18)4-6-14/h3-9H,10H2,1-2H3. The molecule has 0 bridgehead atoms. The normalized spacial score (nSPS) is 11.0. The van der Waals surface area contributed by atoms with E-state index >= 15 is 0 Å². The molecule has 0 aliphatic carbocycles. The maximum atomic E-state index is 12.9. The van der Waals surface area contributed by atoms with Crippen molar-refractivity contribution in [1.82, 2.24) is 9.38 Å². The minimum atomic E-state index is -0.274. The molecule has 2 heterocycles. The molecule has 0 saturated carbocycles. The first-order valence-corrected chi connectivity index (χ1v) is 7.90. The molecule has 1 aromatic carbocycles. The number of benzene rings is 1. The third-order valence-electron chi connectivity index (χ3n) is 3.40. The summed E-state index contributed by atoms with van der Waals surface area (Å²) in [6.45, 7) is 3.84. The fourth-order valence-corrected chi connectivity index (χ4v) is 3.11. The molecule has 0 fully saturated rings. The third kappa shape index (κ3) is 2.90. The quantitative estimate of drug-likeness (QED) is 0.538. The highest BCUT2D eigenvalue weighted by Gasteiger charge is 2.16. The molecule has 0 aliphatic heterocycles. The van der Waals surface area contributed by atoms with Gasteiger partial charge in [-0.1, -0.05) is 0 Å². The van der Waals surface area contributed by atoms with Crippen LogP contribution in [-0.2, 0) is 0 Å². The Balaban J connectivity index is 1.83. The van der Waals surface area contributed by atoms with Crippen molar-refractivity contribution < 1.29 is 9.18 Å². The minimum absolute atomic E-state index is 0.0168. The Morgan fingerprint density at radius 1 is 1.23 bits per heavy atom. The van der Waals surface area contributed by atoms with Crippen molar-refractivity contribution >= 4 is 23.2 Å². The van der Waals surface area contributed by atoms with Crippen molar-refractivity contribution in [1.29, 1.82) is 0 Å². The number of carbonyl (C=O) groups excluding carboxylic acids is 1. The van der Waals surface area contributed by atoms with E-state index in [0.29, 0.717) is 11.4 Å². The van der Waals surface area contributed by atoms with Gasteiger partial charge in [0.15, 0.2) is 5.78 Å². The molecule has 3 aromatic rings. The Kier molecular flexibility index (Phi) is 3.98. The summed E-state index contributed by atoms with van der Waals surface area (Å²) >= 11 is 1.40. The molecule has 0 atom stereocenters. The Hall–Kier alpha value is -2.14. The topological polar surface area (TPSA) is 34.4 Å². The van der Waals surface area contributed by atoms with Gasteiger partial charge in [0.1, 0.15) is 17.2 Å². The second kappa shape index (κ2) is 5.93. The number of hydrogen-bond donors (Lipinski definition) is 0. The lowest BCUT2D eigenvalue weighted by molar-refractivity contribution is 0.101. The van der Waals surface area contributed by atoms with E-state index in [2.05, 4.69) is 4.98 Å². The van der Waals surface area contributed by atoms with Crippen molar-refractivity contribution in [3.63, 3.8) is 0 Å². The molecule has 0 unspecified atom stereocenters. The lowest BCUT2D eigenvalue weighted by atomic mass is 10.2. The van der Waals surface area contributed by atoms with Gasteiger partial charge in [-0.25, -0.2) is 9.37 Å². The number of aromatic nitrogens is 2. The molecule has 0 N–H and O–H groups in total. The summed E-state index contributed by atoms with van der Waals surface area (Å²) in [5.74, 6) is 0.0422. The summed E-state index contributed by atoms with van der Waals surface area (Å²) in [6.07, 6.45) is 1.88. The molecule has 0 aliphatic rings. The molecule has 0 spiro atoms. The van der Waals surface area contributed by atoms with Crippen LogP contribution in [0.5, 0.6) is 0 Å². The van der Waals surface area contributed by atoms with E-state index in [-0.39, 0.29) is 11.6 Å². The first-order valence-electron chi connectivity index (χ1n) is 6.91. The van der Waals surface area contributed by atoms with Crippen LogP contribution < -0.4 is 0 Å². The number of ketones is 1. The molecule has 3 nitrogen and oxygen atoms in total. The summed E-state index contributed by atoms with van der Waals surface area (Å²) < 4.78 is 14.7. The average molecular weight is 314 g/mol. The highest BCUT2D eigenvalue weighted by molar-refractivity contribution is 8.00. The van der Waals surface area contributed by atoms with Gasteiger partial charge in [-0.05, 0) is 55.8 Å². The third-order valence-corrected chi connectivity index (χ3v) is 4.42. The molecule has 22 heavy (non-hydrogen) atoms. The van der Waals surface area contributed by atoms with Gasteiger partial charge >= 0.3 is 0 Å². The van der Waals surface area contributed by atoms with Crippen molar-refractivity contribution in [2.75, 3.05) is 5.75 Å². The number of nitrogens with zero attached hydrogens (tertiary/aromatic N) is 2. The van der Waals surface area contributed by atoms with Gasteiger partial charge in [-0.2, -0.15) is 0 Å². The van der Waals surface area contributed by atoms with Crippen LogP contribution in [-0.4, -0.2) is 20.9 Å². The predicted molar refractivity (Wildman–Crippen MR) is 86.1 cm³/mol. The van der Waals surface area contributed by atoms with E-state index in [0.717, 1.165) is 21.8 Å². The summed E-state index contributed by atoms with van der Waals surface area (Å²) in [4.78, 5) is 17.8. The monoisotopic (exact) mass is 314 g/mol. The van der Waals surface area contributed by atoms with Crippen LogP contribution >= 0.6 is 11.8 Å². The fourth-order valence-electron chi connectivity index (χ4n) is 2.35. The van der Waals surface area contributed by atoms with Crippen LogP contribution in [0.2, 0.25) is 0 Å². The maximum absolute atomic E-state index is 12.9. The van der Waals surface area contributed by atoms with E-state index in [1.807, 2.05) is 36.6 Å². The van der Waals surface area contributed by atoms with Crippen LogP contribution in [0, 0.1) is 19.7 Å². The molecular weight excluding hydrogens is 299 g/mol. The van der Waals surface area contributed by atoms with Gasteiger partial charge in [-0.3, -0.25) is 9.20 Å². The van der Waals surface area contributed by atoms with Crippen LogP contribution in [0.15, 0.2) is 47.5 Å². The summed E-state index contributed by atoms with van der Waals surface area (Å²) in [5, 5.41) is 0. The largest absolute Gasteiger partial charge is 0.297 e. The number of fused-ring (bicyclic) bond motifs is 1. The van der Waals surface area contributed by atoms with E-state index < -0.39 is 0 Å². The highest BCUT2D eigenvalue weighted by atomic mass is 32.2. The fraction of sp³-hybridized carbons (Fsp3) is 0.176. The zero-order valence-corrected chi connectivity index (χ0v) is 13.2. The molecule has 0 amide bonds. The minimum Gasteiger partial charge on any atom is -0.297 e. The smallest absolute Gasteiger partial charge is 0.191 e. The highest BCUT2D eigenvalue weighted by Crippen LogP contribution is 2.21. The number of rotatable bonds is 4. The molecule has 0 saturated heterocycles. The number of carbonyl (C=O) groups is 1. The Morgan fingerprint density at radius 3 is 2.68 bits per heavy atom. The van der Waals surface area contributed by atoms with Crippen LogP contribution in [0.3, 0.4) is 0 Å². The molecule has 2 aromatic heterocycles. The van der Waals surface area contributed by atoms with Crippen LogP contribution in [0.4, 0.5) is 4.39 Å². The number of hydrogen-bond acceptors (Lipinski definition) is 3. The average Bonchev–Trinajstić information content (AvgIpc) is 2.81. The van der Waals surface area contributed by atoms with Crippen LogP contribution in [0.1, 0.15) is 21.7 Å². The number of Topliss-reactive ketones (excluding diaryl/α,β-unsaturated/α-hetero) is 1. The van der Waals surface area contributed by atoms with E-state index in [9.17, 15) is 9.18 Å². The Bertz CT molecular complexity index is 840. The van der Waals surface area contributed by atoms with E-state index in [1.165, 1.54) is 23.9 Å². The van der Waals surface area contributed by atoms with Gasteiger partial charge in [-0.15, -0.1) is 11.8 Å². The lowest BCUT2D eigenvalue weighted by Gasteiger charge is -2.04. The van der Waals surface area contributed by atoms with E-state index in [1.54, 1.807) is 12.1 Å². The number of thioether (sulfide) groups is 1. The first-order chi connectivity index (χ1) is 10.5. The molecular formula is C17H15FN2OS. The second-order valence-electron chi connectivity index (χ2n) is 5.14. The SMILES string of the molecule is Cc1ccn2c(C(=O)CSc3ccc(F)cc3)c(C)nc2c1. The molecule has 112 valence electrons. The Labute approximate surface area is 132 Å². The van der Waals surface area contributed by atoms with Crippen molar-refractivity contribution in [3.8, 4) is 0 Å². The number of imidazole rings is 1. The van der Waals surface area contributed by atoms with Gasteiger partial charge < -0.3 is 0 Å². The van der Waals surface area contributed by atoms with Gasteiger partial charge in [0.25, 0.3) is 0 Å². The van der Waals surface area contributed by atoms with E-state index in [4.69, 9.17) is 0 Å². The van der Waals surface area contributed by atoms with Crippen molar-refractivity contribution in [2.45, 2.75) is 18.7 Å². The van der Waals surface area contributed by atoms with Gasteiger partial charge in [0, 0.05) is 11.1 Å². The lowest BCUT2D eigenvalue weighted by Crippen LogP contribution is -2.08. The molecule has 0 radical (unpaired) electrons. The summed E-state index contributed by atoms with van der Waals surface area (Å²) in [5.41, 5.74) is 3.24. The zero-order valence-electron chi connectivity index (χ0n) is 12.3. The summed E-state index contributed by atoms with van der Waals surface area (Å²) in [7, 11) is 0. The summed E-state index contributed by atoms with van der Waals surface area (Å²) in [6, 6.07) is 10.1. The zero-order chi connectivity index (χ0) is 15.7. The molecule has 5 heteroatoms. The van der Waals surface area contributed by atoms with Crippen molar-refractivity contribution in [3.05, 3.63) is 65.4 Å². The predicted octanol–water partition coefficient (Wildman–Crippen LogP) is 4.07. The molecule has 3 rings (SSSR count). The maximum Gasteiger partial charge on any atom is 0.191 e. The number of halogens is 1. The second-order valence-corrected chi connectivity index (χ2v) is 6.19.